The summed E-state index contributed by atoms with van der Waals surface area (Å²) in [4.78, 5) is 21.6. The van der Waals surface area contributed by atoms with Crippen LogP contribution in [0.2, 0.25) is 0 Å². The van der Waals surface area contributed by atoms with Gasteiger partial charge in [-0.1, -0.05) is 18.2 Å². The second-order valence-corrected chi connectivity index (χ2v) is 8.66. The fourth-order valence-electron chi connectivity index (χ4n) is 4.11. The monoisotopic (exact) mass is 457 g/mol. The zero-order chi connectivity index (χ0) is 24.2. The van der Waals surface area contributed by atoms with E-state index >= 15 is 0 Å². The van der Waals surface area contributed by atoms with Crippen LogP contribution in [0.25, 0.3) is 11.6 Å². The number of nitrogens with one attached hydrogen (secondary N) is 1. The van der Waals surface area contributed by atoms with Gasteiger partial charge in [-0.3, -0.25) is 4.79 Å². The summed E-state index contributed by atoms with van der Waals surface area (Å²) in [5.74, 6) is 0.528. The molecule has 3 heterocycles. The lowest BCUT2D eigenvalue weighted by atomic mass is 10.1. The highest BCUT2D eigenvalue weighted by Gasteiger charge is 2.17. The van der Waals surface area contributed by atoms with E-state index in [0.29, 0.717) is 12.5 Å². The molecular weight excluding hydrogens is 426 g/mol. The molecule has 1 amide bonds. The van der Waals surface area contributed by atoms with E-state index in [9.17, 15) is 4.79 Å². The first-order valence-electron chi connectivity index (χ1n) is 11.6. The first-order chi connectivity index (χ1) is 16.3. The van der Waals surface area contributed by atoms with E-state index in [2.05, 4.69) is 31.7 Å². The molecule has 4 aromatic rings. The number of carbonyl (C=O) groups is 1. The lowest BCUT2D eigenvalue weighted by Gasteiger charge is -2.07. The molecule has 0 aliphatic rings. The molecule has 1 aromatic carbocycles. The fraction of sp³-hybridized carbons (Fsp3) is 0.346. The van der Waals surface area contributed by atoms with Gasteiger partial charge in [-0.25, -0.2) is 19.3 Å². The predicted octanol–water partition coefficient (Wildman–Crippen LogP) is 3.68. The third kappa shape index (κ3) is 5.22. The maximum absolute atomic E-state index is 12.6. The quantitative estimate of drug-likeness (QED) is 0.408. The molecule has 0 saturated carbocycles. The van der Waals surface area contributed by atoms with Gasteiger partial charge < -0.3 is 5.32 Å². The van der Waals surface area contributed by atoms with E-state index in [-0.39, 0.29) is 12.3 Å². The Hall–Kier alpha value is -3.81. The summed E-state index contributed by atoms with van der Waals surface area (Å²) in [5, 5.41) is 12.3. The van der Waals surface area contributed by atoms with Gasteiger partial charge in [0, 0.05) is 35.4 Å². The molecule has 8 nitrogen and oxygen atoms in total. The first kappa shape index (κ1) is 23.4. The highest BCUT2D eigenvalue weighted by atomic mass is 16.1. The van der Waals surface area contributed by atoms with E-state index < -0.39 is 0 Å². The highest BCUT2D eigenvalue weighted by Crippen LogP contribution is 2.17. The molecule has 0 aliphatic heterocycles. The van der Waals surface area contributed by atoms with Crippen LogP contribution in [-0.4, -0.2) is 42.0 Å². The van der Waals surface area contributed by atoms with Gasteiger partial charge in [0.15, 0.2) is 0 Å². The molecule has 4 rings (SSSR count). The van der Waals surface area contributed by atoms with Crippen molar-refractivity contribution in [2.45, 2.75) is 53.9 Å². The van der Waals surface area contributed by atoms with Gasteiger partial charge in [-0.2, -0.15) is 10.2 Å². The number of rotatable bonds is 8. The number of benzene rings is 1. The number of nitrogens with zero attached hydrogens (tertiary/aromatic N) is 6. The summed E-state index contributed by atoms with van der Waals surface area (Å²) in [6.07, 6.45) is 4.07. The van der Waals surface area contributed by atoms with Crippen LogP contribution in [-0.2, 0) is 17.6 Å². The zero-order valence-corrected chi connectivity index (χ0v) is 20.5. The number of hydrogen-bond acceptors (Lipinski definition) is 5. The number of aryl methyl sites for hydroxylation is 5. The van der Waals surface area contributed by atoms with Crippen molar-refractivity contribution in [1.82, 2.24) is 34.8 Å². The van der Waals surface area contributed by atoms with Crippen LogP contribution in [0.1, 0.15) is 46.0 Å². The molecule has 8 heteroatoms. The minimum atomic E-state index is -0.0104. The smallest absolute Gasteiger partial charge is 0.251 e. The normalized spacial score (nSPS) is 11.1. The Morgan fingerprint density at radius 2 is 1.65 bits per heavy atom. The molecule has 0 saturated heterocycles. The van der Waals surface area contributed by atoms with Crippen molar-refractivity contribution in [1.29, 1.82) is 0 Å². The van der Waals surface area contributed by atoms with Crippen molar-refractivity contribution in [3.05, 3.63) is 82.2 Å². The van der Waals surface area contributed by atoms with Gasteiger partial charge >= 0.3 is 0 Å². The Morgan fingerprint density at radius 3 is 2.35 bits per heavy atom. The van der Waals surface area contributed by atoms with Crippen molar-refractivity contribution in [3.63, 3.8) is 0 Å². The average molecular weight is 458 g/mol. The molecule has 176 valence electrons. The van der Waals surface area contributed by atoms with Gasteiger partial charge in [0.1, 0.15) is 0 Å². The van der Waals surface area contributed by atoms with Gasteiger partial charge in [0.25, 0.3) is 5.95 Å². The lowest BCUT2D eigenvalue weighted by molar-refractivity contribution is -0.120. The molecule has 0 spiro atoms. The van der Waals surface area contributed by atoms with Crippen molar-refractivity contribution >= 4 is 5.91 Å². The second-order valence-electron chi connectivity index (χ2n) is 8.66. The van der Waals surface area contributed by atoms with Crippen LogP contribution in [0.4, 0.5) is 0 Å². The Morgan fingerprint density at radius 1 is 0.941 bits per heavy atom. The summed E-state index contributed by atoms with van der Waals surface area (Å²) >= 11 is 0. The van der Waals surface area contributed by atoms with Crippen molar-refractivity contribution in [3.8, 4) is 11.6 Å². The van der Waals surface area contributed by atoms with Crippen molar-refractivity contribution in [2.24, 2.45) is 0 Å². The van der Waals surface area contributed by atoms with Crippen LogP contribution in [0.3, 0.4) is 0 Å². The SMILES string of the molecule is Cc1cc(C)nc(-n2nc(C)c(CC(=O)NCCCc3cn(-c4ccccc4)nc3C)c2C)n1. The minimum Gasteiger partial charge on any atom is -0.356 e. The predicted molar refractivity (Wildman–Crippen MR) is 131 cm³/mol. The second kappa shape index (κ2) is 9.99. The van der Waals surface area contributed by atoms with Gasteiger partial charge in [-0.05, 0) is 71.2 Å². The maximum Gasteiger partial charge on any atom is 0.251 e. The fourth-order valence-corrected chi connectivity index (χ4v) is 4.11. The van der Waals surface area contributed by atoms with Gasteiger partial charge in [0.2, 0.25) is 5.91 Å². The van der Waals surface area contributed by atoms with E-state index in [4.69, 9.17) is 0 Å². The van der Waals surface area contributed by atoms with Crippen molar-refractivity contribution in [2.75, 3.05) is 6.54 Å². The Bertz CT molecular complexity index is 1280. The van der Waals surface area contributed by atoms with E-state index in [1.807, 2.05) is 75.7 Å². The number of para-hydroxylation sites is 1. The molecule has 0 fully saturated rings. The number of carbonyl (C=O) groups excluding carboxylic acids is 1. The molecule has 1 N–H and O–H groups in total. The topological polar surface area (TPSA) is 90.5 Å². The van der Waals surface area contributed by atoms with Gasteiger partial charge in [-0.15, -0.1) is 0 Å². The van der Waals surface area contributed by atoms with Crippen LogP contribution in [0, 0.1) is 34.6 Å². The summed E-state index contributed by atoms with van der Waals surface area (Å²) < 4.78 is 3.64. The largest absolute Gasteiger partial charge is 0.356 e. The van der Waals surface area contributed by atoms with Crippen LogP contribution in [0.15, 0.2) is 42.6 Å². The van der Waals surface area contributed by atoms with E-state index in [1.165, 1.54) is 5.56 Å². The Kier molecular flexibility index (Phi) is 6.86. The molecule has 0 unspecified atom stereocenters. The van der Waals surface area contributed by atoms with Crippen LogP contribution >= 0.6 is 0 Å². The molecule has 0 aliphatic carbocycles. The molecule has 0 radical (unpaired) electrons. The maximum atomic E-state index is 12.6. The molecule has 0 atom stereocenters. The molecule has 34 heavy (non-hydrogen) atoms. The third-order valence-electron chi connectivity index (χ3n) is 5.90. The summed E-state index contributed by atoms with van der Waals surface area (Å²) in [7, 11) is 0. The van der Waals surface area contributed by atoms with Crippen LogP contribution in [0.5, 0.6) is 0 Å². The number of hydrogen-bond donors (Lipinski definition) is 1. The van der Waals surface area contributed by atoms with Gasteiger partial charge in [0.05, 0.1) is 23.5 Å². The number of amides is 1. The average Bonchev–Trinajstić information content (AvgIpc) is 3.31. The first-order valence-corrected chi connectivity index (χ1v) is 11.6. The standard InChI is InChI=1S/C26H31N7O/c1-17-14-18(2)29-26(28-17)33-21(5)24(20(4)31-33)15-25(34)27-13-9-10-22-16-32(30-19(22)3)23-11-7-6-8-12-23/h6-8,11-12,14,16H,9-10,13,15H2,1-5H3,(H,27,34). The zero-order valence-electron chi connectivity index (χ0n) is 20.5. The number of aromatic nitrogens is 6. The summed E-state index contributed by atoms with van der Waals surface area (Å²) in [5.41, 5.74) is 7.66. The Labute approximate surface area is 200 Å². The van der Waals surface area contributed by atoms with E-state index in [0.717, 1.165) is 52.6 Å². The molecule has 0 bridgehead atoms. The van der Waals surface area contributed by atoms with Crippen molar-refractivity contribution < 1.29 is 4.79 Å². The van der Waals surface area contributed by atoms with E-state index in [1.54, 1.807) is 4.68 Å². The van der Waals surface area contributed by atoms with Crippen LogP contribution < -0.4 is 5.32 Å². The highest BCUT2D eigenvalue weighted by molar-refractivity contribution is 5.79. The summed E-state index contributed by atoms with van der Waals surface area (Å²) in [6.45, 7) is 10.4. The molecular formula is C26H31N7O. The third-order valence-corrected chi connectivity index (χ3v) is 5.90. The Balaban J connectivity index is 1.33. The summed E-state index contributed by atoms with van der Waals surface area (Å²) in [6, 6.07) is 12.0. The minimum absolute atomic E-state index is 0.0104. The lowest BCUT2D eigenvalue weighted by Crippen LogP contribution is -2.26. The molecule has 3 aromatic heterocycles.